The molecule has 19 heavy (non-hydrogen) atoms. The Labute approximate surface area is 114 Å². The molecule has 1 amide bonds. The van der Waals surface area contributed by atoms with Crippen molar-refractivity contribution >= 4 is 22.9 Å². The summed E-state index contributed by atoms with van der Waals surface area (Å²) in [4.78, 5) is 15.3. The Hall–Kier alpha value is -1.95. The third-order valence-corrected chi connectivity index (χ3v) is 3.65. The van der Waals surface area contributed by atoms with E-state index in [1.54, 1.807) is 17.4 Å². The molecule has 6 heteroatoms. The number of benzene rings is 1. The van der Waals surface area contributed by atoms with E-state index in [1.165, 1.54) is 12.1 Å². The van der Waals surface area contributed by atoms with Crippen LogP contribution in [-0.2, 0) is 13.0 Å². The minimum atomic E-state index is -0.767. The monoisotopic (exact) mass is 279 g/mol. The molecular weight excluding hydrogens is 265 g/mol. The minimum Gasteiger partial charge on any atom is -0.379 e. The van der Waals surface area contributed by atoms with Gasteiger partial charge in [0.1, 0.15) is 5.82 Å². The number of thiazole rings is 1. The van der Waals surface area contributed by atoms with Crippen molar-refractivity contribution in [3.63, 3.8) is 0 Å². The Bertz CT molecular complexity index is 597. The molecule has 0 unspecified atom stereocenters. The van der Waals surface area contributed by atoms with Gasteiger partial charge >= 0.3 is 0 Å². The second kappa shape index (κ2) is 5.79. The van der Waals surface area contributed by atoms with Gasteiger partial charge in [0.15, 0.2) is 0 Å². The Morgan fingerprint density at radius 2 is 2.32 bits per heavy atom. The van der Waals surface area contributed by atoms with E-state index >= 15 is 0 Å². The van der Waals surface area contributed by atoms with Crippen LogP contribution in [0.4, 0.5) is 10.1 Å². The molecule has 2 aromatic rings. The molecular formula is C13H14FN3OS. The number of anilines is 1. The van der Waals surface area contributed by atoms with Crippen LogP contribution in [0.2, 0.25) is 0 Å². The number of rotatable bonds is 5. The smallest absolute Gasteiger partial charge is 0.251 e. The van der Waals surface area contributed by atoms with Crippen molar-refractivity contribution in [3.8, 4) is 0 Å². The summed E-state index contributed by atoms with van der Waals surface area (Å²) in [7, 11) is 0. The number of nitrogens with zero attached hydrogens (tertiary/aromatic N) is 1. The number of carbonyl (C=O) groups is 1. The molecule has 100 valence electrons. The second-order valence-corrected chi connectivity index (χ2v) is 4.94. The van der Waals surface area contributed by atoms with Crippen LogP contribution >= 0.6 is 11.3 Å². The standard InChI is InChI=1S/C13H14FN3OS/c1-2-12-17-9(7-19-12)6-16-8-3-4-10(13(15)18)11(14)5-8/h3-5,7,16H,2,6H2,1H3,(H2,15,18). The molecule has 1 heterocycles. The van der Waals surface area contributed by atoms with Crippen molar-refractivity contribution in [2.45, 2.75) is 19.9 Å². The highest BCUT2D eigenvalue weighted by molar-refractivity contribution is 7.09. The quantitative estimate of drug-likeness (QED) is 0.883. The zero-order valence-corrected chi connectivity index (χ0v) is 11.3. The molecule has 2 rings (SSSR count). The number of amides is 1. The van der Waals surface area contributed by atoms with Crippen LogP contribution in [0.15, 0.2) is 23.6 Å². The number of halogens is 1. The Morgan fingerprint density at radius 3 is 2.89 bits per heavy atom. The van der Waals surface area contributed by atoms with Gasteiger partial charge in [-0.15, -0.1) is 11.3 Å². The van der Waals surface area contributed by atoms with Crippen LogP contribution in [0, 0.1) is 5.82 Å². The Morgan fingerprint density at radius 1 is 1.53 bits per heavy atom. The summed E-state index contributed by atoms with van der Waals surface area (Å²) in [6.07, 6.45) is 0.909. The lowest BCUT2D eigenvalue weighted by atomic mass is 10.2. The van der Waals surface area contributed by atoms with Gasteiger partial charge < -0.3 is 11.1 Å². The van der Waals surface area contributed by atoms with Gasteiger partial charge in [-0.2, -0.15) is 0 Å². The second-order valence-electron chi connectivity index (χ2n) is 4.00. The molecule has 1 aromatic heterocycles. The van der Waals surface area contributed by atoms with Crippen LogP contribution in [0.1, 0.15) is 28.0 Å². The maximum atomic E-state index is 13.5. The van der Waals surface area contributed by atoms with Gasteiger partial charge in [-0.3, -0.25) is 4.79 Å². The third kappa shape index (κ3) is 3.29. The van der Waals surface area contributed by atoms with E-state index in [1.807, 2.05) is 12.3 Å². The van der Waals surface area contributed by atoms with Gasteiger partial charge in [0, 0.05) is 11.1 Å². The van der Waals surface area contributed by atoms with Crippen molar-refractivity contribution in [2.75, 3.05) is 5.32 Å². The summed E-state index contributed by atoms with van der Waals surface area (Å²) in [6, 6.07) is 4.25. The molecule has 0 saturated heterocycles. The van der Waals surface area contributed by atoms with Gasteiger partial charge in [-0.05, 0) is 24.6 Å². The fourth-order valence-electron chi connectivity index (χ4n) is 1.61. The summed E-state index contributed by atoms with van der Waals surface area (Å²) >= 11 is 1.61. The summed E-state index contributed by atoms with van der Waals surface area (Å²) < 4.78 is 13.5. The van der Waals surface area contributed by atoms with E-state index in [-0.39, 0.29) is 5.56 Å². The summed E-state index contributed by atoms with van der Waals surface area (Å²) in [5, 5.41) is 6.11. The predicted molar refractivity (Wildman–Crippen MR) is 73.7 cm³/mol. The van der Waals surface area contributed by atoms with Crippen LogP contribution in [-0.4, -0.2) is 10.9 Å². The molecule has 3 N–H and O–H groups in total. The zero-order chi connectivity index (χ0) is 13.8. The minimum absolute atomic E-state index is 0.104. The maximum absolute atomic E-state index is 13.5. The lowest BCUT2D eigenvalue weighted by Gasteiger charge is -2.06. The molecule has 0 bridgehead atoms. The first-order valence-electron chi connectivity index (χ1n) is 5.86. The zero-order valence-electron chi connectivity index (χ0n) is 10.4. The number of aryl methyl sites for hydroxylation is 1. The highest BCUT2D eigenvalue weighted by Crippen LogP contribution is 2.16. The molecule has 0 aliphatic heterocycles. The molecule has 0 spiro atoms. The summed E-state index contributed by atoms with van der Waals surface area (Å²) in [6.45, 7) is 2.57. The van der Waals surface area contributed by atoms with Gasteiger partial charge in [-0.1, -0.05) is 6.92 Å². The lowest BCUT2D eigenvalue weighted by molar-refractivity contribution is 0.0996. The predicted octanol–water partition coefficient (Wildman–Crippen LogP) is 2.56. The van der Waals surface area contributed by atoms with Crippen molar-refractivity contribution in [3.05, 3.63) is 45.7 Å². The number of hydrogen-bond acceptors (Lipinski definition) is 4. The van der Waals surface area contributed by atoms with Crippen molar-refractivity contribution in [2.24, 2.45) is 5.73 Å². The summed E-state index contributed by atoms with van der Waals surface area (Å²) in [5.74, 6) is -1.39. The molecule has 1 aromatic carbocycles. The van der Waals surface area contributed by atoms with E-state index in [9.17, 15) is 9.18 Å². The largest absolute Gasteiger partial charge is 0.379 e. The Balaban J connectivity index is 2.03. The van der Waals surface area contributed by atoms with Crippen LogP contribution in [0.5, 0.6) is 0 Å². The van der Waals surface area contributed by atoms with E-state index in [0.29, 0.717) is 12.2 Å². The number of nitrogens with one attached hydrogen (secondary N) is 1. The third-order valence-electron chi connectivity index (χ3n) is 2.61. The molecule has 0 radical (unpaired) electrons. The van der Waals surface area contributed by atoms with Crippen LogP contribution in [0.3, 0.4) is 0 Å². The highest BCUT2D eigenvalue weighted by Gasteiger charge is 2.08. The SMILES string of the molecule is CCc1nc(CNc2ccc(C(N)=O)c(F)c2)cs1. The van der Waals surface area contributed by atoms with Crippen LogP contribution in [0.25, 0.3) is 0 Å². The average Bonchev–Trinajstić information content (AvgIpc) is 2.84. The van der Waals surface area contributed by atoms with E-state index in [4.69, 9.17) is 5.73 Å². The molecule has 0 atom stereocenters. The number of nitrogens with two attached hydrogens (primary N) is 1. The first kappa shape index (κ1) is 13.5. The number of aromatic nitrogens is 1. The van der Waals surface area contributed by atoms with E-state index < -0.39 is 11.7 Å². The molecule has 0 aliphatic carbocycles. The fraction of sp³-hybridized carbons (Fsp3) is 0.231. The van der Waals surface area contributed by atoms with Crippen LogP contribution < -0.4 is 11.1 Å². The van der Waals surface area contributed by atoms with Crippen molar-refractivity contribution in [1.82, 2.24) is 4.98 Å². The van der Waals surface area contributed by atoms with E-state index in [2.05, 4.69) is 10.3 Å². The van der Waals surface area contributed by atoms with Crippen molar-refractivity contribution in [1.29, 1.82) is 0 Å². The Kier molecular flexibility index (Phi) is 4.11. The van der Waals surface area contributed by atoms with Gasteiger partial charge in [0.25, 0.3) is 5.91 Å². The normalized spacial score (nSPS) is 10.4. The lowest BCUT2D eigenvalue weighted by Crippen LogP contribution is -2.13. The van der Waals surface area contributed by atoms with Gasteiger partial charge in [-0.25, -0.2) is 9.37 Å². The highest BCUT2D eigenvalue weighted by atomic mass is 32.1. The molecule has 0 fully saturated rings. The molecule has 4 nitrogen and oxygen atoms in total. The fourth-order valence-corrected chi connectivity index (χ4v) is 2.35. The van der Waals surface area contributed by atoms with E-state index in [0.717, 1.165) is 17.1 Å². The first-order chi connectivity index (χ1) is 9.10. The topological polar surface area (TPSA) is 68.0 Å². The number of primary amides is 1. The van der Waals surface area contributed by atoms with Gasteiger partial charge in [0.2, 0.25) is 0 Å². The number of hydrogen-bond donors (Lipinski definition) is 2. The summed E-state index contributed by atoms with van der Waals surface area (Å²) in [5.41, 5.74) is 6.44. The van der Waals surface area contributed by atoms with Crippen molar-refractivity contribution < 1.29 is 9.18 Å². The maximum Gasteiger partial charge on any atom is 0.251 e. The van der Waals surface area contributed by atoms with Gasteiger partial charge in [0.05, 0.1) is 22.8 Å². The molecule has 0 saturated carbocycles. The number of carbonyl (C=O) groups excluding carboxylic acids is 1. The first-order valence-corrected chi connectivity index (χ1v) is 6.74. The molecule has 0 aliphatic rings. The average molecular weight is 279 g/mol.